The minimum absolute atomic E-state index is 0.0232. The summed E-state index contributed by atoms with van der Waals surface area (Å²) in [5.74, 6) is -0.137. The molecule has 0 unspecified atom stereocenters. The Bertz CT molecular complexity index is 1030. The number of non-ortho nitro benzene ring substituents is 1. The molecule has 3 rings (SSSR count). The maximum Gasteiger partial charge on any atom is 0.339 e. The van der Waals surface area contributed by atoms with E-state index in [0.29, 0.717) is 16.8 Å². The molecule has 9 heteroatoms. The predicted molar refractivity (Wildman–Crippen MR) is 102 cm³/mol. The molecular formula is C19H16N4O5. The first-order valence-corrected chi connectivity index (χ1v) is 8.25. The number of carbonyl (C=O) groups excluding carboxylic acids is 1. The molecule has 1 heterocycles. The lowest BCUT2D eigenvalue weighted by Crippen LogP contribution is -2.22. The summed E-state index contributed by atoms with van der Waals surface area (Å²) in [4.78, 5) is 30.9. The number of para-hydroxylation sites is 1. The van der Waals surface area contributed by atoms with E-state index in [4.69, 9.17) is 15.3 Å². The first kappa shape index (κ1) is 18.8. The van der Waals surface area contributed by atoms with Crippen molar-refractivity contribution >= 4 is 28.4 Å². The number of oxime groups is 1. The molecule has 0 amide bonds. The molecule has 2 N–H and O–H groups in total. The topological polar surface area (TPSA) is 130 Å². The fourth-order valence-corrected chi connectivity index (χ4v) is 2.41. The Kier molecular flexibility index (Phi) is 5.75. The first-order chi connectivity index (χ1) is 13.5. The molecule has 0 atom stereocenters. The van der Waals surface area contributed by atoms with Gasteiger partial charge in [0, 0.05) is 23.7 Å². The van der Waals surface area contributed by atoms with E-state index in [0.717, 1.165) is 5.39 Å². The van der Waals surface area contributed by atoms with Crippen molar-refractivity contribution in [1.29, 1.82) is 0 Å². The number of rotatable bonds is 7. The average Bonchev–Trinajstić information content (AvgIpc) is 2.71. The Balaban J connectivity index is 1.53. The summed E-state index contributed by atoms with van der Waals surface area (Å²) in [5, 5.41) is 15.1. The lowest BCUT2D eigenvalue weighted by Gasteiger charge is -2.08. The third-order valence-corrected chi connectivity index (χ3v) is 3.73. The van der Waals surface area contributed by atoms with Crippen LogP contribution in [0.5, 0.6) is 5.75 Å². The van der Waals surface area contributed by atoms with Crippen LogP contribution in [0.15, 0.2) is 65.9 Å². The standard InChI is InChI=1S/C19H16N4O5/c20-17(12-27-16-5-1-3-14-4-2-10-21-19(14)16)22-28-18(24)11-13-6-8-15(9-7-13)23(25)26/h1-10H,11-12H2,(H2,20,22). The lowest BCUT2D eigenvalue weighted by molar-refractivity contribution is -0.384. The first-order valence-electron chi connectivity index (χ1n) is 8.25. The number of aromatic nitrogens is 1. The molecule has 0 spiro atoms. The zero-order valence-electron chi connectivity index (χ0n) is 14.6. The Hall–Kier alpha value is -4.01. The molecule has 0 aliphatic carbocycles. The van der Waals surface area contributed by atoms with Gasteiger partial charge in [-0.3, -0.25) is 15.1 Å². The monoisotopic (exact) mass is 380 g/mol. The number of nitrogens with zero attached hydrogens (tertiary/aromatic N) is 3. The van der Waals surface area contributed by atoms with Gasteiger partial charge in [-0.25, -0.2) is 4.79 Å². The lowest BCUT2D eigenvalue weighted by atomic mass is 10.1. The van der Waals surface area contributed by atoms with E-state index in [-0.39, 0.29) is 24.6 Å². The molecule has 0 aliphatic rings. The molecule has 0 bridgehead atoms. The molecule has 142 valence electrons. The van der Waals surface area contributed by atoms with E-state index in [9.17, 15) is 14.9 Å². The number of nitro benzene ring substituents is 1. The van der Waals surface area contributed by atoms with Crippen LogP contribution in [-0.2, 0) is 16.1 Å². The Labute approximate surface area is 159 Å². The summed E-state index contributed by atoms with van der Waals surface area (Å²) >= 11 is 0. The number of hydrogen-bond donors (Lipinski definition) is 1. The quantitative estimate of drug-likeness (QED) is 0.219. The van der Waals surface area contributed by atoms with Crippen molar-refractivity contribution in [2.45, 2.75) is 6.42 Å². The molecule has 0 saturated heterocycles. The highest BCUT2D eigenvalue weighted by molar-refractivity contribution is 5.86. The number of hydrogen-bond acceptors (Lipinski definition) is 7. The van der Waals surface area contributed by atoms with Crippen molar-refractivity contribution in [3.63, 3.8) is 0 Å². The highest BCUT2D eigenvalue weighted by atomic mass is 16.7. The normalized spacial score (nSPS) is 11.2. The largest absolute Gasteiger partial charge is 0.483 e. The summed E-state index contributed by atoms with van der Waals surface area (Å²) < 4.78 is 5.59. The van der Waals surface area contributed by atoms with Gasteiger partial charge in [-0.05, 0) is 17.7 Å². The molecule has 0 aliphatic heterocycles. The summed E-state index contributed by atoms with van der Waals surface area (Å²) in [6.07, 6.45) is 1.56. The molecule has 28 heavy (non-hydrogen) atoms. The van der Waals surface area contributed by atoms with Gasteiger partial charge < -0.3 is 15.3 Å². The van der Waals surface area contributed by atoms with Crippen LogP contribution in [0, 0.1) is 10.1 Å². The van der Waals surface area contributed by atoms with Gasteiger partial charge in [0.05, 0.1) is 11.3 Å². The number of benzene rings is 2. The summed E-state index contributed by atoms with van der Waals surface area (Å²) in [6.45, 7) is -0.0828. The van der Waals surface area contributed by atoms with Crippen LogP contribution in [0.4, 0.5) is 5.69 Å². The van der Waals surface area contributed by atoms with Crippen molar-refractivity contribution < 1.29 is 19.3 Å². The molecule has 0 saturated carbocycles. The third kappa shape index (κ3) is 4.79. The number of nitro groups is 1. The number of carbonyl (C=O) groups is 1. The molecule has 9 nitrogen and oxygen atoms in total. The van der Waals surface area contributed by atoms with Gasteiger partial charge in [0.25, 0.3) is 5.69 Å². The van der Waals surface area contributed by atoms with Gasteiger partial charge in [0.2, 0.25) is 0 Å². The Morgan fingerprint density at radius 2 is 1.89 bits per heavy atom. The minimum Gasteiger partial charge on any atom is -0.483 e. The van der Waals surface area contributed by atoms with E-state index >= 15 is 0 Å². The number of ether oxygens (including phenoxy) is 1. The smallest absolute Gasteiger partial charge is 0.339 e. The maximum absolute atomic E-state index is 11.8. The van der Waals surface area contributed by atoms with Gasteiger partial charge in [-0.2, -0.15) is 0 Å². The summed E-state index contributed by atoms with van der Waals surface area (Å²) in [7, 11) is 0. The van der Waals surface area contributed by atoms with E-state index < -0.39 is 10.9 Å². The second-order valence-electron chi connectivity index (χ2n) is 5.77. The van der Waals surface area contributed by atoms with Gasteiger partial charge in [0.15, 0.2) is 5.84 Å². The van der Waals surface area contributed by atoms with Crippen LogP contribution in [0.1, 0.15) is 5.56 Å². The van der Waals surface area contributed by atoms with Crippen LogP contribution >= 0.6 is 0 Å². The molecule has 1 aromatic heterocycles. The molecule has 0 fully saturated rings. The van der Waals surface area contributed by atoms with Crippen LogP contribution in [-0.4, -0.2) is 28.3 Å². The number of amidine groups is 1. The van der Waals surface area contributed by atoms with Crippen molar-refractivity contribution in [1.82, 2.24) is 4.98 Å². The molecule has 0 radical (unpaired) electrons. The van der Waals surface area contributed by atoms with Crippen LogP contribution in [0.2, 0.25) is 0 Å². The van der Waals surface area contributed by atoms with Gasteiger partial charge >= 0.3 is 5.97 Å². The fourth-order valence-electron chi connectivity index (χ4n) is 2.41. The number of pyridine rings is 1. The Morgan fingerprint density at radius 1 is 1.14 bits per heavy atom. The SMILES string of the molecule is NC(COc1cccc2cccnc12)=NOC(=O)Cc1ccc([N+](=O)[O-])cc1. The zero-order chi connectivity index (χ0) is 19.9. The summed E-state index contributed by atoms with van der Waals surface area (Å²) in [5.41, 5.74) is 6.90. The van der Waals surface area contributed by atoms with Gasteiger partial charge in [0.1, 0.15) is 17.9 Å². The molecule has 3 aromatic rings. The predicted octanol–water partition coefficient (Wildman–Crippen LogP) is 2.58. The molecular weight excluding hydrogens is 364 g/mol. The van der Waals surface area contributed by atoms with E-state index in [1.54, 1.807) is 12.3 Å². The zero-order valence-corrected chi connectivity index (χ0v) is 14.6. The van der Waals surface area contributed by atoms with Crippen LogP contribution in [0.3, 0.4) is 0 Å². The number of fused-ring (bicyclic) bond motifs is 1. The van der Waals surface area contributed by atoms with Crippen molar-refractivity contribution in [3.05, 3.63) is 76.5 Å². The van der Waals surface area contributed by atoms with Gasteiger partial charge in [-0.1, -0.05) is 35.5 Å². The van der Waals surface area contributed by atoms with Crippen molar-refractivity contribution in [2.24, 2.45) is 10.9 Å². The fraction of sp³-hybridized carbons (Fsp3) is 0.105. The second-order valence-corrected chi connectivity index (χ2v) is 5.77. The average molecular weight is 380 g/mol. The minimum atomic E-state index is -0.649. The maximum atomic E-state index is 11.8. The van der Waals surface area contributed by atoms with Crippen molar-refractivity contribution in [2.75, 3.05) is 6.61 Å². The highest BCUT2D eigenvalue weighted by Gasteiger charge is 2.09. The van der Waals surface area contributed by atoms with Gasteiger partial charge in [-0.15, -0.1) is 0 Å². The third-order valence-electron chi connectivity index (χ3n) is 3.73. The Morgan fingerprint density at radius 3 is 2.64 bits per heavy atom. The second kappa shape index (κ2) is 8.58. The van der Waals surface area contributed by atoms with E-state index in [1.165, 1.54) is 24.3 Å². The van der Waals surface area contributed by atoms with E-state index in [2.05, 4.69) is 10.1 Å². The van der Waals surface area contributed by atoms with E-state index in [1.807, 2.05) is 24.3 Å². The summed E-state index contributed by atoms with van der Waals surface area (Å²) in [6, 6.07) is 14.8. The van der Waals surface area contributed by atoms with Crippen LogP contribution in [0.25, 0.3) is 10.9 Å². The van der Waals surface area contributed by atoms with Crippen LogP contribution < -0.4 is 10.5 Å². The number of nitrogens with two attached hydrogens (primary N) is 1. The van der Waals surface area contributed by atoms with Crippen molar-refractivity contribution in [3.8, 4) is 5.75 Å². The highest BCUT2D eigenvalue weighted by Crippen LogP contribution is 2.22. The molecule has 2 aromatic carbocycles.